The van der Waals surface area contributed by atoms with Crippen LogP contribution in [0, 0.1) is 0 Å². The number of benzene rings is 1. The number of thiophene rings is 1. The topological polar surface area (TPSA) is 54.0 Å². The summed E-state index contributed by atoms with van der Waals surface area (Å²) in [5.74, 6) is 0.426. The fourth-order valence-electron chi connectivity index (χ4n) is 3.02. The molecule has 1 atom stereocenters. The van der Waals surface area contributed by atoms with Crippen LogP contribution >= 0.6 is 11.3 Å². The van der Waals surface area contributed by atoms with Gasteiger partial charge in [-0.15, -0.1) is 11.3 Å². The first-order valence-corrected chi connectivity index (χ1v) is 8.63. The molecule has 2 aromatic heterocycles. The van der Waals surface area contributed by atoms with E-state index >= 15 is 0 Å². The van der Waals surface area contributed by atoms with Gasteiger partial charge in [0, 0.05) is 18.4 Å². The largest absolute Gasteiger partial charge is 0.321 e. The van der Waals surface area contributed by atoms with Crippen LogP contribution in [-0.2, 0) is 0 Å². The van der Waals surface area contributed by atoms with Crippen molar-refractivity contribution in [1.29, 1.82) is 0 Å². The summed E-state index contributed by atoms with van der Waals surface area (Å²) in [5, 5.41) is 9.36. The van der Waals surface area contributed by atoms with E-state index in [0.29, 0.717) is 11.6 Å². The van der Waals surface area contributed by atoms with Gasteiger partial charge in [-0.3, -0.25) is 4.79 Å². The molecule has 0 bridgehead atoms. The van der Waals surface area contributed by atoms with Gasteiger partial charge in [-0.1, -0.05) is 12.1 Å². The molecule has 3 heterocycles. The van der Waals surface area contributed by atoms with Crippen molar-refractivity contribution in [1.82, 2.24) is 10.3 Å². The van der Waals surface area contributed by atoms with Gasteiger partial charge in [0.05, 0.1) is 4.70 Å². The van der Waals surface area contributed by atoms with Crippen molar-refractivity contribution in [3.05, 3.63) is 59.2 Å². The highest BCUT2D eigenvalue weighted by Crippen LogP contribution is 2.25. The Bertz CT molecular complexity index is 835. The van der Waals surface area contributed by atoms with Gasteiger partial charge in [-0.05, 0) is 59.5 Å². The lowest BCUT2D eigenvalue weighted by atomic mass is 9.98. The molecule has 1 aliphatic heterocycles. The lowest BCUT2D eigenvalue weighted by Gasteiger charge is -2.10. The summed E-state index contributed by atoms with van der Waals surface area (Å²) in [7, 11) is 0. The molecule has 23 heavy (non-hydrogen) atoms. The molecule has 1 fully saturated rings. The maximum Gasteiger partial charge on any atom is 0.275 e. The SMILES string of the molecule is O=C(Nc1ccc([C@H]2CCNC2)cc1)c1nccc2ccsc12. The fourth-order valence-corrected chi connectivity index (χ4v) is 3.90. The Morgan fingerprint density at radius 3 is 2.87 bits per heavy atom. The first kappa shape index (κ1) is 14.4. The van der Waals surface area contributed by atoms with Gasteiger partial charge in [0.2, 0.25) is 0 Å². The molecule has 0 saturated carbocycles. The lowest BCUT2D eigenvalue weighted by Crippen LogP contribution is -2.13. The number of aromatic nitrogens is 1. The maximum atomic E-state index is 12.5. The predicted octanol–water partition coefficient (Wildman–Crippen LogP) is 3.63. The second-order valence-corrected chi connectivity index (χ2v) is 6.68. The zero-order valence-corrected chi connectivity index (χ0v) is 13.4. The van der Waals surface area contributed by atoms with Gasteiger partial charge in [0.15, 0.2) is 0 Å². The Hall–Kier alpha value is -2.24. The summed E-state index contributed by atoms with van der Waals surface area (Å²) in [4.78, 5) is 16.7. The number of nitrogens with one attached hydrogen (secondary N) is 2. The number of amides is 1. The van der Waals surface area contributed by atoms with E-state index < -0.39 is 0 Å². The highest BCUT2D eigenvalue weighted by molar-refractivity contribution is 7.17. The summed E-state index contributed by atoms with van der Waals surface area (Å²) < 4.78 is 0.929. The second kappa shape index (κ2) is 6.10. The minimum absolute atomic E-state index is 0.159. The number of carbonyl (C=O) groups excluding carboxylic acids is 1. The molecule has 1 aliphatic rings. The first-order chi connectivity index (χ1) is 11.3. The van der Waals surface area contributed by atoms with E-state index in [2.05, 4.69) is 27.8 Å². The van der Waals surface area contributed by atoms with Crippen LogP contribution in [-0.4, -0.2) is 24.0 Å². The Kier molecular flexibility index (Phi) is 3.81. The molecule has 0 radical (unpaired) electrons. The van der Waals surface area contributed by atoms with Crippen molar-refractivity contribution in [3.63, 3.8) is 0 Å². The summed E-state index contributed by atoms with van der Waals surface area (Å²) in [6.07, 6.45) is 2.86. The van der Waals surface area contributed by atoms with E-state index in [1.54, 1.807) is 17.5 Å². The van der Waals surface area contributed by atoms with Crippen LogP contribution in [0.4, 0.5) is 5.69 Å². The minimum atomic E-state index is -0.159. The molecule has 3 aromatic rings. The third kappa shape index (κ3) is 2.85. The number of hydrogen-bond acceptors (Lipinski definition) is 4. The molecule has 0 spiro atoms. The van der Waals surface area contributed by atoms with E-state index in [9.17, 15) is 4.79 Å². The number of fused-ring (bicyclic) bond motifs is 1. The van der Waals surface area contributed by atoms with Crippen LogP contribution in [0.1, 0.15) is 28.4 Å². The number of nitrogens with zero attached hydrogens (tertiary/aromatic N) is 1. The zero-order chi connectivity index (χ0) is 15.6. The standard InChI is InChI=1S/C18H17N3OS/c22-18(16-17-13(6-9-20-16)7-10-23-17)21-15-3-1-12(2-4-15)14-5-8-19-11-14/h1-4,6-7,9-10,14,19H,5,8,11H2,(H,21,22)/t14-/m0/s1. The van der Waals surface area contributed by atoms with E-state index in [0.717, 1.165) is 28.9 Å². The highest BCUT2D eigenvalue weighted by Gasteiger charge is 2.17. The maximum absolute atomic E-state index is 12.5. The Morgan fingerprint density at radius 2 is 2.09 bits per heavy atom. The molecular formula is C18H17N3OS. The fraction of sp³-hybridized carbons (Fsp3) is 0.222. The third-order valence-corrected chi connectivity index (χ3v) is 5.22. The van der Waals surface area contributed by atoms with Crippen LogP contribution in [0.5, 0.6) is 0 Å². The molecular weight excluding hydrogens is 306 g/mol. The number of rotatable bonds is 3. The van der Waals surface area contributed by atoms with Gasteiger partial charge in [-0.2, -0.15) is 0 Å². The van der Waals surface area contributed by atoms with Gasteiger partial charge >= 0.3 is 0 Å². The molecule has 1 saturated heterocycles. The molecule has 4 nitrogen and oxygen atoms in total. The monoisotopic (exact) mass is 323 g/mol. The summed E-state index contributed by atoms with van der Waals surface area (Å²) in [6.45, 7) is 2.12. The average Bonchev–Trinajstić information content (AvgIpc) is 3.26. The number of anilines is 1. The van der Waals surface area contributed by atoms with Crippen molar-refractivity contribution in [2.45, 2.75) is 12.3 Å². The second-order valence-electron chi connectivity index (χ2n) is 5.76. The number of hydrogen-bond donors (Lipinski definition) is 2. The third-order valence-electron chi connectivity index (χ3n) is 4.28. The van der Waals surface area contributed by atoms with Gasteiger partial charge in [0.1, 0.15) is 5.69 Å². The first-order valence-electron chi connectivity index (χ1n) is 7.75. The highest BCUT2D eigenvalue weighted by atomic mass is 32.1. The van der Waals surface area contributed by atoms with E-state index in [1.807, 2.05) is 29.6 Å². The zero-order valence-electron chi connectivity index (χ0n) is 12.6. The smallest absolute Gasteiger partial charge is 0.275 e. The Morgan fingerprint density at radius 1 is 1.22 bits per heavy atom. The van der Waals surface area contributed by atoms with Gasteiger partial charge in [0.25, 0.3) is 5.91 Å². The Balaban J connectivity index is 1.53. The van der Waals surface area contributed by atoms with Crippen LogP contribution < -0.4 is 10.6 Å². The van der Waals surface area contributed by atoms with Crippen molar-refractivity contribution >= 4 is 33.0 Å². The molecule has 116 valence electrons. The summed E-state index contributed by atoms with van der Waals surface area (Å²) in [6, 6.07) is 12.1. The van der Waals surface area contributed by atoms with Gasteiger partial charge in [-0.25, -0.2) is 4.98 Å². The average molecular weight is 323 g/mol. The number of pyridine rings is 1. The van der Waals surface area contributed by atoms with Crippen molar-refractivity contribution in [2.24, 2.45) is 0 Å². The molecule has 0 unspecified atom stereocenters. The number of carbonyl (C=O) groups is 1. The quantitative estimate of drug-likeness (QED) is 0.774. The van der Waals surface area contributed by atoms with Crippen LogP contribution in [0.3, 0.4) is 0 Å². The summed E-state index contributed by atoms with van der Waals surface area (Å²) in [5.41, 5.74) is 2.62. The Labute approximate surface area is 138 Å². The van der Waals surface area contributed by atoms with Crippen molar-refractivity contribution < 1.29 is 4.79 Å². The molecule has 5 heteroatoms. The van der Waals surface area contributed by atoms with E-state index in [4.69, 9.17) is 0 Å². The van der Waals surface area contributed by atoms with Crippen LogP contribution in [0.15, 0.2) is 48.0 Å². The predicted molar refractivity (Wildman–Crippen MR) is 94.2 cm³/mol. The molecule has 0 aliphatic carbocycles. The molecule has 4 rings (SSSR count). The van der Waals surface area contributed by atoms with E-state index in [1.165, 1.54) is 12.0 Å². The molecule has 2 N–H and O–H groups in total. The van der Waals surface area contributed by atoms with Crippen molar-refractivity contribution in [3.8, 4) is 0 Å². The van der Waals surface area contributed by atoms with Crippen LogP contribution in [0.2, 0.25) is 0 Å². The van der Waals surface area contributed by atoms with Crippen LogP contribution in [0.25, 0.3) is 10.1 Å². The summed E-state index contributed by atoms with van der Waals surface area (Å²) >= 11 is 1.54. The molecule has 1 amide bonds. The van der Waals surface area contributed by atoms with Gasteiger partial charge < -0.3 is 10.6 Å². The normalized spacial score (nSPS) is 17.5. The van der Waals surface area contributed by atoms with Crippen molar-refractivity contribution in [2.75, 3.05) is 18.4 Å². The molecule has 1 aromatic carbocycles. The minimum Gasteiger partial charge on any atom is -0.321 e. The van der Waals surface area contributed by atoms with E-state index in [-0.39, 0.29) is 5.91 Å². The lowest BCUT2D eigenvalue weighted by molar-refractivity contribution is 0.102.